The monoisotopic (exact) mass is 277 g/mol. The number of anilines is 1. The lowest BCUT2D eigenvalue weighted by atomic mass is 10.0. The first kappa shape index (κ1) is 14.5. The lowest BCUT2D eigenvalue weighted by Gasteiger charge is -2.16. The fourth-order valence-electron chi connectivity index (χ4n) is 2.57. The minimum absolute atomic E-state index is 0.0787. The number of hydrogen-bond acceptors (Lipinski definition) is 3. The molecule has 0 saturated carbocycles. The van der Waals surface area contributed by atoms with Crippen molar-refractivity contribution in [2.75, 3.05) is 5.32 Å². The smallest absolute Gasteiger partial charge is 0.307 e. The van der Waals surface area contributed by atoms with E-state index in [1.807, 2.05) is 13.8 Å². The Balaban J connectivity index is 2.10. The molecular formula is C15H19NO4. The minimum Gasteiger partial charge on any atom is -0.481 e. The van der Waals surface area contributed by atoms with E-state index in [4.69, 9.17) is 9.84 Å². The Morgan fingerprint density at radius 1 is 1.35 bits per heavy atom. The number of carbonyl (C=O) groups excluding carboxylic acids is 1. The molecule has 1 fully saturated rings. The molecule has 1 amide bonds. The Kier molecular flexibility index (Phi) is 4.39. The summed E-state index contributed by atoms with van der Waals surface area (Å²) >= 11 is 0. The average Bonchev–Trinajstić information content (AvgIpc) is 2.70. The van der Waals surface area contributed by atoms with E-state index < -0.39 is 12.1 Å². The number of carboxylic acid groups (broad SMARTS) is 1. The zero-order chi connectivity index (χ0) is 14.7. The number of nitrogens with one attached hydrogen (secondary N) is 1. The molecule has 20 heavy (non-hydrogen) atoms. The van der Waals surface area contributed by atoms with Crippen LogP contribution in [0, 0.1) is 5.92 Å². The third-order valence-electron chi connectivity index (χ3n) is 3.47. The summed E-state index contributed by atoms with van der Waals surface area (Å²) in [6, 6.07) is 6.93. The van der Waals surface area contributed by atoms with Crippen LogP contribution in [0.25, 0.3) is 0 Å². The van der Waals surface area contributed by atoms with Crippen LogP contribution >= 0.6 is 0 Å². The summed E-state index contributed by atoms with van der Waals surface area (Å²) in [5.74, 6) is -0.970. The zero-order valence-electron chi connectivity index (χ0n) is 11.6. The molecule has 3 unspecified atom stereocenters. The molecular weight excluding hydrogens is 258 g/mol. The second-order valence-corrected chi connectivity index (χ2v) is 5.30. The molecule has 108 valence electrons. The van der Waals surface area contributed by atoms with E-state index in [0.717, 1.165) is 6.42 Å². The molecule has 1 aromatic rings. The molecule has 0 aromatic heterocycles. The highest BCUT2D eigenvalue weighted by Gasteiger charge is 2.35. The molecule has 2 rings (SSSR count). The standard InChI is InChI=1S/C15H19NO4/c1-9-7-10(2)20-14(9)15(19)16-12-6-4-3-5-11(12)8-13(17)18/h3-6,9-10,14H,7-8H2,1-2H3,(H,16,19)(H,17,18). The van der Waals surface area contributed by atoms with Crippen molar-refractivity contribution in [3.05, 3.63) is 29.8 Å². The quantitative estimate of drug-likeness (QED) is 0.883. The first-order valence-electron chi connectivity index (χ1n) is 6.73. The number of carbonyl (C=O) groups is 2. The molecule has 1 aliphatic rings. The average molecular weight is 277 g/mol. The summed E-state index contributed by atoms with van der Waals surface area (Å²) in [6.45, 7) is 3.93. The number of ether oxygens (including phenoxy) is 1. The van der Waals surface area contributed by atoms with Crippen LogP contribution in [0.2, 0.25) is 0 Å². The van der Waals surface area contributed by atoms with Crippen molar-refractivity contribution < 1.29 is 19.4 Å². The Labute approximate surface area is 117 Å². The highest BCUT2D eigenvalue weighted by Crippen LogP contribution is 2.27. The molecule has 0 aliphatic carbocycles. The minimum atomic E-state index is -0.925. The highest BCUT2D eigenvalue weighted by molar-refractivity contribution is 5.95. The van der Waals surface area contributed by atoms with Gasteiger partial charge in [0.05, 0.1) is 12.5 Å². The molecule has 2 N–H and O–H groups in total. The van der Waals surface area contributed by atoms with Gasteiger partial charge in [-0.3, -0.25) is 9.59 Å². The van der Waals surface area contributed by atoms with Crippen molar-refractivity contribution in [1.82, 2.24) is 0 Å². The molecule has 0 bridgehead atoms. The number of benzene rings is 1. The van der Waals surface area contributed by atoms with Crippen molar-refractivity contribution in [1.29, 1.82) is 0 Å². The first-order chi connectivity index (χ1) is 9.47. The van der Waals surface area contributed by atoms with Gasteiger partial charge >= 0.3 is 5.97 Å². The SMILES string of the molecule is CC1CC(C)C(C(=O)Nc2ccccc2CC(=O)O)O1. The third kappa shape index (κ3) is 3.36. The number of carboxylic acids is 1. The van der Waals surface area contributed by atoms with Gasteiger partial charge in [0.15, 0.2) is 0 Å². The summed E-state index contributed by atoms with van der Waals surface area (Å²) in [7, 11) is 0. The molecule has 1 aliphatic heterocycles. The van der Waals surface area contributed by atoms with Gasteiger partial charge < -0.3 is 15.2 Å². The van der Waals surface area contributed by atoms with Crippen LogP contribution < -0.4 is 5.32 Å². The summed E-state index contributed by atoms with van der Waals surface area (Å²) in [5.41, 5.74) is 1.13. The van der Waals surface area contributed by atoms with E-state index >= 15 is 0 Å². The zero-order valence-corrected chi connectivity index (χ0v) is 11.6. The Morgan fingerprint density at radius 3 is 2.65 bits per heavy atom. The predicted molar refractivity (Wildman–Crippen MR) is 74.5 cm³/mol. The van der Waals surface area contributed by atoms with Crippen molar-refractivity contribution >= 4 is 17.6 Å². The van der Waals surface area contributed by atoms with Crippen LogP contribution in [0.5, 0.6) is 0 Å². The predicted octanol–water partition coefficient (Wildman–Crippen LogP) is 2.07. The van der Waals surface area contributed by atoms with Crippen molar-refractivity contribution in [2.45, 2.75) is 38.9 Å². The maximum absolute atomic E-state index is 12.2. The third-order valence-corrected chi connectivity index (χ3v) is 3.47. The van der Waals surface area contributed by atoms with Gasteiger partial charge in [0.25, 0.3) is 5.91 Å². The van der Waals surface area contributed by atoms with Crippen LogP contribution in [0.1, 0.15) is 25.8 Å². The maximum Gasteiger partial charge on any atom is 0.307 e. The fourth-order valence-corrected chi connectivity index (χ4v) is 2.57. The van der Waals surface area contributed by atoms with E-state index in [1.165, 1.54) is 0 Å². The van der Waals surface area contributed by atoms with Gasteiger partial charge in [0.1, 0.15) is 6.10 Å². The van der Waals surface area contributed by atoms with Gasteiger partial charge in [0.2, 0.25) is 0 Å². The summed E-state index contributed by atoms with van der Waals surface area (Å²) in [4.78, 5) is 23.0. The lowest BCUT2D eigenvalue weighted by Crippen LogP contribution is -2.32. The molecule has 5 nitrogen and oxygen atoms in total. The van der Waals surface area contributed by atoms with Gasteiger partial charge in [0, 0.05) is 5.69 Å². The van der Waals surface area contributed by atoms with Gasteiger partial charge in [-0.25, -0.2) is 0 Å². The molecule has 1 aromatic carbocycles. The summed E-state index contributed by atoms with van der Waals surface area (Å²) < 4.78 is 5.60. The van der Waals surface area contributed by atoms with Crippen molar-refractivity contribution in [2.24, 2.45) is 5.92 Å². The van der Waals surface area contributed by atoms with Crippen LogP contribution in [-0.2, 0) is 20.7 Å². The largest absolute Gasteiger partial charge is 0.481 e. The lowest BCUT2D eigenvalue weighted by molar-refractivity contribution is -0.136. The highest BCUT2D eigenvalue weighted by atomic mass is 16.5. The van der Waals surface area contributed by atoms with E-state index in [-0.39, 0.29) is 24.3 Å². The van der Waals surface area contributed by atoms with Gasteiger partial charge in [-0.1, -0.05) is 25.1 Å². The van der Waals surface area contributed by atoms with Crippen LogP contribution in [0.3, 0.4) is 0 Å². The van der Waals surface area contributed by atoms with E-state index in [2.05, 4.69) is 5.32 Å². The summed E-state index contributed by atoms with van der Waals surface area (Å²) in [5, 5.41) is 11.7. The van der Waals surface area contributed by atoms with Crippen LogP contribution in [0.4, 0.5) is 5.69 Å². The molecule has 5 heteroatoms. The molecule has 3 atom stereocenters. The second kappa shape index (κ2) is 6.05. The van der Waals surface area contributed by atoms with E-state index in [1.54, 1.807) is 24.3 Å². The number of rotatable bonds is 4. The van der Waals surface area contributed by atoms with Crippen LogP contribution in [0.15, 0.2) is 24.3 Å². The summed E-state index contributed by atoms with van der Waals surface area (Å²) in [6.07, 6.45) is 0.348. The van der Waals surface area contributed by atoms with Gasteiger partial charge in [-0.2, -0.15) is 0 Å². The Morgan fingerprint density at radius 2 is 2.05 bits per heavy atom. The van der Waals surface area contributed by atoms with E-state index in [9.17, 15) is 9.59 Å². The van der Waals surface area contributed by atoms with Crippen molar-refractivity contribution in [3.63, 3.8) is 0 Å². The number of aliphatic carboxylic acids is 1. The van der Waals surface area contributed by atoms with Crippen LogP contribution in [-0.4, -0.2) is 29.2 Å². The number of amides is 1. The number of para-hydroxylation sites is 1. The second-order valence-electron chi connectivity index (χ2n) is 5.30. The first-order valence-corrected chi connectivity index (χ1v) is 6.73. The Bertz CT molecular complexity index is 514. The molecule has 1 saturated heterocycles. The normalized spacial score (nSPS) is 25.4. The molecule has 0 spiro atoms. The topological polar surface area (TPSA) is 75.6 Å². The van der Waals surface area contributed by atoms with Crippen molar-refractivity contribution in [3.8, 4) is 0 Å². The fraction of sp³-hybridized carbons (Fsp3) is 0.467. The Hall–Kier alpha value is -1.88. The van der Waals surface area contributed by atoms with E-state index in [0.29, 0.717) is 11.3 Å². The molecule has 1 heterocycles. The van der Waals surface area contributed by atoms with Gasteiger partial charge in [-0.05, 0) is 30.9 Å². The van der Waals surface area contributed by atoms with Gasteiger partial charge in [-0.15, -0.1) is 0 Å². The number of hydrogen-bond donors (Lipinski definition) is 2. The molecule has 0 radical (unpaired) electrons. The maximum atomic E-state index is 12.2.